The van der Waals surface area contributed by atoms with Crippen LogP contribution in [0.15, 0.2) is 12.4 Å². The predicted molar refractivity (Wildman–Crippen MR) is 82.7 cm³/mol. The van der Waals surface area contributed by atoms with Gasteiger partial charge in [0.05, 0.1) is 24.6 Å². The molecular weight excluding hydrogens is 292 g/mol. The molecule has 1 saturated carbocycles. The van der Waals surface area contributed by atoms with Crippen molar-refractivity contribution >= 4 is 24.0 Å². The standard InChI is InChI=1S/C14H22N4O2.ClH/c1-2-18-9-11(8-16-18)17-14(19)10-3-4-13-12(7-10)15-5-6-20-13;/h8-10,12-13,15H,2-7H2,1H3,(H,17,19);1H/t10-,12+,13+;/m0./s1. The van der Waals surface area contributed by atoms with Crippen LogP contribution in [0.25, 0.3) is 0 Å². The van der Waals surface area contributed by atoms with E-state index >= 15 is 0 Å². The minimum Gasteiger partial charge on any atom is -0.375 e. The number of rotatable bonds is 3. The number of hydrogen-bond acceptors (Lipinski definition) is 4. The van der Waals surface area contributed by atoms with Crippen LogP contribution in [0.1, 0.15) is 26.2 Å². The van der Waals surface area contributed by atoms with Crippen LogP contribution in [-0.2, 0) is 16.1 Å². The van der Waals surface area contributed by atoms with E-state index < -0.39 is 0 Å². The lowest BCUT2D eigenvalue weighted by atomic mass is 9.82. The molecule has 1 amide bonds. The van der Waals surface area contributed by atoms with Crippen LogP contribution in [-0.4, -0.2) is 41.0 Å². The Balaban J connectivity index is 0.00000161. The van der Waals surface area contributed by atoms with E-state index in [4.69, 9.17) is 4.74 Å². The number of fused-ring (bicyclic) bond motifs is 1. The van der Waals surface area contributed by atoms with E-state index in [-0.39, 0.29) is 30.3 Å². The molecule has 0 aromatic carbocycles. The summed E-state index contributed by atoms with van der Waals surface area (Å²) in [7, 11) is 0. The van der Waals surface area contributed by atoms with Crippen molar-refractivity contribution in [1.29, 1.82) is 0 Å². The fraction of sp³-hybridized carbons (Fsp3) is 0.714. The largest absolute Gasteiger partial charge is 0.375 e. The molecule has 2 aliphatic rings. The number of aryl methyl sites for hydroxylation is 1. The quantitative estimate of drug-likeness (QED) is 0.885. The SMILES string of the molecule is CCn1cc(NC(=O)[C@H]2CC[C@H]3OCCN[C@@H]3C2)cn1.Cl. The van der Waals surface area contributed by atoms with Gasteiger partial charge in [-0.15, -0.1) is 12.4 Å². The van der Waals surface area contributed by atoms with Crippen molar-refractivity contribution in [1.82, 2.24) is 15.1 Å². The topological polar surface area (TPSA) is 68.2 Å². The number of nitrogens with zero attached hydrogens (tertiary/aromatic N) is 2. The lowest BCUT2D eigenvalue weighted by Gasteiger charge is -2.39. The van der Waals surface area contributed by atoms with Crippen LogP contribution >= 0.6 is 12.4 Å². The molecule has 1 aromatic rings. The van der Waals surface area contributed by atoms with Gasteiger partial charge in [0.25, 0.3) is 0 Å². The van der Waals surface area contributed by atoms with Gasteiger partial charge in [0, 0.05) is 31.2 Å². The third-order valence-corrected chi connectivity index (χ3v) is 4.22. The van der Waals surface area contributed by atoms with Gasteiger partial charge in [-0.2, -0.15) is 5.10 Å². The first-order chi connectivity index (χ1) is 9.76. The number of hydrogen-bond donors (Lipinski definition) is 2. The number of carbonyl (C=O) groups is 1. The van der Waals surface area contributed by atoms with Gasteiger partial charge in [0.1, 0.15) is 0 Å². The summed E-state index contributed by atoms with van der Waals surface area (Å²) in [5.41, 5.74) is 0.784. The number of morpholine rings is 1. The van der Waals surface area contributed by atoms with Crippen molar-refractivity contribution in [3.63, 3.8) is 0 Å². The monoisotopic (exact) mass is 314 g/mol. The maximum absolute atomic E-state index is 12.3. The fourth-order valence-electron chi connectivity index (χ4n) is 3.10. The third-order valence-electron chi connectivity index (χ3n) is 4.22. The molecule has 2 N–H and O–H groups in total. The zero-order chi connectivity index (χ0) is 13.9. The maximum atomic E-state index is 12.3. The summed E-state index contributed by atoms with van der Waals surface area (Å²) < 4.78 is 7.55. The summed E-state index contributed by atoms with van der Waals surface area (Å²) in [5.74, 6) is 0.168. The highest BCUT2D eigenvalue weighted by atomic mass is 35.5. The third kappa shape index (κ3) is 3.75. The Bertz CT molecular complexity index is 479. The molecule has 1 aliphatic heterocycles. The number of carbonyl (C=O) groups excluding carboxylic acids is 1. The van der Waals surface area contributed by atoms with Crippen LogP contribution in [0, 0.1) is 5.92 Å². The molecule has 7 heteroatoms. The summed E-state index contributed by atoms with van der Waals surface area (Å²) in [5, 5.41) is 10.6. The number of ether oxygens (including phenoxy) is 1. The second kappa shape index (κ2) is 7.24. The molecule has 6 nitrogen and oxygen atoms in total. The van der Waals surface area contributed by atoms with Gasteiger partial charge in [0.15, 0.2) is 0 Å². The van der Waals surface area contributed by atoms with Crippen molar-refractivity contribution in [2.45, 2.75) is 44.9 Å². The van der Waals surface area contributed by atoms with E-state index in [1.54, 1.807) is 6.20 Å². The zero-order valence-electron chi connectivity index (χ0n) is 12.2. The van der Waals surface area contributed by atoms with Crippen LogP contribution in [0.5, 0.6) is 0 Å². The number of anilines is 1. The molecule has 3 atom stereocenters. The van der Waals surface area contributed by atoms with E-state index in [0.717, 1.165) is 44.6 Å². The second-order valence-electron chi connectivity index (χ2n) is 5.55. The highest BCUT2D eigenvalue weighted by Gasteiger charge is 2.35. The highest BCUT2D eigenvalue weighted by molar-refractivity contribution is 5.92. The van der Waals surface area contributed by atoms with E-state index in [1.165, 1.54) is 0 Å². The van der Waals surface area contributed by atoms with Gasteiger partial charge >= 0.3 is 0 Å². The van der Waals surface area contributed by atoms with Crippen LogP contribution < -0.4 is 10.6 Å². The Labute approximate surface area is 131 Å². The van der Waals surface area contributed by atoms with Crippen molar-refractivity contribution < 1.29 is 9.53 Å². The molecule has 1 aromatic heterocycles. The molecule has 118 valence electrons. The van der Waals surface area contributed by atoms with Gasteiger partial charge in [-0.05, 0) is 26.2 Å². The second-order valence-corrected chi connectivity index (χ2v) is 5.55. The molecule has 0 unspecified atom stereocenters. The number of halogens is 1. The van der Waals surface area contributed by atoms with Crippen LogP contribution in [0.2, 0.25) is 0 Å². The summed E-state index contributed by atoms with van der Waals surface area (Å²) >= 11 is 0. The van der Waals surface area contributed by atoms with E-state index in [1.807, 2.05) is 17.8 Å². The fourth-order valence-corrected chi connectivity index (χ4v) is 3.10. The van der Waals surface area contributed by atoms with Gasteiger partial charge in [0.2, 0.25) is 5.91 Å². The summed E-state index contributed by atoms with van der Waals surface area (Å²) in [6.45, 7) is 4.51. The Hall–Kier alpha value is -1.11. The van der Waals surface area contributed by atoms with Crippen molar-refractivity contribution in [2.24, 2.45) is 5.92 Å². The van der Waals surface area contributed by atoms with Crippen molar-refractivity contribution in [3.8, 4) is 0 Å². The van der Waals surface area contributed by atoms with E-state index in [2.05, 4.69) is 15.7 Å². The average molecular weight is 315 g/mol. The summed E-state index contributed by atoms with van der Waals surface area (Å²) in [6, 6.07) is 0.326. The zero-order valence-corrected chi connectivity index (χ0v) is 13.1. The summed E-state index contributed by atoms with van der Waals surface area (Å²) in [6.07, 6.45) is 6.58. The predicted octanol–water partition coefficient (Wildman–Crippen LogP) is 1.42. The first-order valence-electron chi connectivity index (χ1n) is 7.44. The van der Waals surface area contributed by atoms with Gasteiger partial charge in [-0.3, -0.25) is 9.48 Å². The van der Waals surface area contributed by atoms with E-state index in [9.17, 15) is 4.79 Å². The molecule has 1 aliphatic carbocycles. The molecule has 0 radical (unpaired) electrons. The number of nitrogens with one attached hydrogen (secondary N) is 2. The molecule has 0 spiro atoms. The molecule has 0 bridgehead atoms. The van der Waals surface area contributed by atoms with Gasteiger partial charge in [-0.25, -0.2) is 0 Å². The van der Waals surface area contributed by atoms with Gasteiger partial charge < -0.3 is 15.4 Å². The molecule has 3 rings (SSSR count). The maximum Gasteiger partial charge on any atom is 0.227 e. The average Bonchev–Trinajstić information content (AvgIpc) is 2.94. The number of aromatic nitrogens is 2. The van der Waals surface area contributed by atoms with Crippen molar-refractivity contribution in [3.05, 3.63) is 12.4 Å². The molecule has 2 heterocycles. The van der Waals surface area contributed by atoms with E-state index in [0.29, 0.717) is 6.04 Å². The van der Waals surface area contributed by atoms with Crippen LogP contribution in [0.3, 0.4) is 0 Å². The lowest BCUT2D eigenvalue weighted by molar-refractivity contribution is -0.123. The minimum atomic E-state index is 0. The summed E-state index contributed by atoms with van der Waals surface area (Å²) in [4.78, 5) is 12.3. The van der Waals surface area contributed by atoms with Crippen LogP contribution in [0.4, 0.5) is 5.69 Å². The lowest BCUT2D eigenvalue weighted by Crippen LogP contribution is -2.52. The van der Waals surface area contributed by atoms with Gasteiger partial charge in [-0.1, -0.05) is 0 Å². The molecule has 1 saturated heterocycles. The Kier molecular flexibility index (Phi) is 5.61. The molecular formula is C14H23ClN4O2. The number of amides is 1. The molecule has 2 fully saturated rings. The highest BCUT2D eigenvalue weighted by Crippen LogP contribution is 2.29. The molecule has 21 heavy (non-hydrogen) atoms. The minimum absolute atomic E-state index is 0. The first-order valence-corrected chi connectivity index (χ1v) is 7.44. The first kappa shape index (κ1) is 16.3. The van der Waals surface area contributed by atoms with Crippen molar-refractivity contribution in [2.75, 3.05) is 18.5 Å². The Morgan fingerprint density at radius 2 is 2.43 bits per heavy atom. The normalized spacial score (nSPS) is 28.3. The Morgan fingerprint density at radius 3 is 3.19 bits per heavy atom. The smallest absolute Gasteiger partial charge is 0.227 e. The Morgan fingerprint density at radius 1 is 1.57 bits per heavy atom.